The number of hydrogen-bond donors (Lipinski definition) is 1. The number of carbonyl (C=O) groups excluding carboxylic acids is 3. The molecule has 0 spiro atoms. The largest absolute Gasteiger partial charge is 0.462 e. The lowest BCUT2D eigenvalue weighted by Gasteiger charge is -2.07. The number of nitrogens with zero attached hydrogens (tertiary/aromatic N) is 3. The van der Waals surface area contributed by atoms with E-state index in [4.69, 9.17) is 13.9 Å². The second kappa shape index (κ2) is 11.3. The van der Waals surface area contributed by atoms with Crippen molar-refractivity contribution < 1.29 is 33.2 Å². The van der Waals surface area contributed by atoms with Gasteiger partial charge in [0, 0.05) is 0 Å². The first kappa shape index (κ1) is 26.1. The highest BCUT2D eigenvalue weighted by Crippen LogP contribution is 2.35. The van der Waals surface area contributed by atoms with Crippen molar-refractivity contribution in [1.82, 2.24) is 9.78 Å². The molecule has 0 aliphatic rings. The van der Waals surface area contributed by atoms with Crippen LogP contribution in [0.1, 0.15) is 62.2 Å². The molecule has 3 rings (SSSR count). The summed E-state index contributed by atoms with van der Waals surface area (Å²) < 4.78 is 17.3. The Morgan fingerprint density at radius 2 is 2.00 bits per heavy atom. The van der Waals surface area contributed by atoms with E-state index in [1.54, 1.807) is 13.8 Å². The molecule has 3 heterocycles. The van der Waals surface area contributed by atoms with Crippen molar-refractivity contribution in [2.24, 2.45) is 0 Å². The van der Waals surface area contributed by atoms with Crippen molar-refractivity contribution in [1.29, 1.82) is 0 Å². The summed E-state index contributed by atoms with van der Waals surface area (Å²) in [7, 11) is 0. The van der Waals surface area contributed by atoms with Crippen LogP contribution in [0.15, 0.2) is 27.2 Å². The zero-order chi connectivity index (χ0) is 25.7. The molecule has 0 radical (unpaired) electrons. The van der Waals surface area contributed by atoms with Crippen LogP contribution in [0.25, 0.3) is 0 Å². The van der Waals surface area contributed by atoms with Crippen LogP contribution in [-0.4, -0.2) is 45.8 Å². The molecule has 0 saturated carbocycles. The van der Waals surface area contributed by atoms with Gasteiger partial charge in [-0.1, -0.05) is 6.92 Å². The Labute approximate surface area is 211 Å². The summed E-state index contributed by atoms with van der Waals surface area (Å²) in [6.07, 6.45) is 2.02. The molecule has 0 atom stereocenters. The number of nitro groups is 1. The molecule has 3 aromatic rings. The van der Waals surface area contributed by atoms with Crippen LogP contribution >= 0.6 is 27.3 Å². The van der Waals surface area contributed by atoms with Crippen molar-refractivity contribution >= 4 is 55.9 Å². The zero-order valence-electron chi connectivity index (χ0n) is 19.0. The molecule has 35 heavy (non-hydrogen) atoms. The van der Waals surface area contributed by atoms with Crippen molar-refractivity contribution in [2.45, 2.75) is 33.7 Å². The number of nitrogens with one attached hydrogen (secondary N) is 1. The SMILES string of the molecule is CCCOC(=O)c1c(NC(=O)c2ccc(Cn3cc(Br)c([N+](=O)[O-])n3)o2)sc(C(=O)OCC)c1C. The first-order chi connectivity index (χ1) is 16.7. The summed E-state index contributed by atoms with van der Waals surface area (Å²) in [4.78, 5) is 48.3. The molecule has 1 amide bonds. The summed E-state index contributed by atoms with van der Waals surface area (Å²) in [5.74, 6) is -2.04. The number of furan rings is 1. The third-order valence-corrected chi connectivity index (χ3v) is 6.30. The number of ether oxygens (including phenoxy) is 2. The highest BCUT2D eigenvalue weighted by Gasteiger charge is 2.28. The average Bonchev–Trinajstić information content (AvgIpc) is 3.50. The van der Waals surface area contributed by atoms with Crippen LogP contribution in [0, 0.1) is 17.0 Å². The van der Waals surface area contributed by atoms with Crippen LogP contribution in [0.2, 0.25) is 0 Å². The van der Waals surface area contributed by atoms with Gasteiger partial charge in [0.1, 0.15) is 26.7 Å². The van der Waals surface area contributed by atoms with Crippen molar-refractivity contribution in [2.75, 3.05) is 18.5 Å². The van der Waals surface area contributed by atoms with Gasteiger partial charge in [-0.2, -0.15) is 4.68 Å². The van der Waals surface area contributed by atoms with Gasteiger partial charge in [-0.3, -0.25) is 4.79 Å². The Morgan fingerprint density at radius 3 is 2.63 bits per heavy atom. The van der Waals surface area contributed by atoms with Crippen LogP contribution in [0.4, 0.5) is 10.8 Å². The van der Waals surface area contributed by atoms with E-state index < -0.39 is 22.8 Å². The third-order valence-electron chi connectivity index (χ3n) is 4.55. The van der Waals surface area contributed by atoms with E-state index in [2.05, 4.69) is 26.3 Å². The maximum Gasteiger partial charge on any atom is 0.404 e. The molecule has 0 aliphatic heterocycles. The van der Waals surface area contributed by atoms with Crippen LogP contribution < -0.4 is 5.32 Å². The lowest BCUT2D eigenvalue weighted by atomic mass is 10.1. The molecule has 186 valence electrons. The summed E-state index contributed by atoms with van der Waals surface area (Å²) >= 11 is 3.97. The maximum absolute atomic E-state index is 12.8. The number of rotatable bonds is 10. The second-order valence-electron chi connectivity index (χ2n) is 7.09. The van der Waals surface area contributed by atoms with Gasteiger partial charge in [-0.25, -0.2) is 9.59 Å². The lowest BCUT2D eigenvalue weighted by Crippen LogP contribution is -2.14. The minimum atomic E-state index is -0.669. The molecule has 1 N–H and O–H groups in total. The van der Waals surface area contributed by atoms with Crippen LogP contribution in [0.3, 0.4) is 0 Å². The van der Waals surface area contributed by atoms with Crippen LogP contribution in [-0.2, 0) is 16.0 Å². The van der Waals surface area contributed by atoms with Crippen molar-refractivity contribution in [3.63, 3.8) is 0 Å². The van der Waals surface area contributed by atoms with Gasteiger partial charge in [0.25, 0.3) is 5.91 Å². The summed E-state index contributed by atoms with van der Waals surface area (Å²) in [6.45, 7) is 5.45. The molecule has 0 saturated heterocycles. The molecule has 0 aromatic carbocycles. The molecule has 0 bridgehead atoms. The quantitative estimate of drug-likeness (QED) is 0.210. The Morgan fingerprint density at radius 1 is 1.26 bits per heavy atom. The normalized spacial score (nSPS) is 10.7. The maximum atomic E-state index is 12.8. The summed E-state index contributed by atoms with van der Waals surface area (Å²) in [6, 6.07) is 2.94. The molecule has 0 aliphatic carbocycles. The Bertz CT molecular complexity index is 1280. The summed E-state index contributed by atoms with van der Waals surface area (Å²) in [5, 5.41) is 17.5. The van der Waals surface area contributed by atoms with E-state index in [0.29, 0.717) is 17.7 Å². The second-order valence-corrected chi connectivity index (χ2v) is 8.97. The topological polar surface area (TPSA) is 156 Å². The fourth-order valence-corrected chi connectivity index (χ4v) is 4.55. The van der Waals surface area contributed by atoms with Gasteiger partial charge >= 0.3 is 17.8 Å². The summed E-state index contributed by atoms with van der Waals surface area (Å²) in [5.41, 5.74) is 0.413. The molecule has 14 heteroatoms. The van der Waals surface area contributed by atoms with E-state index in [0.717, 1.165) is 11.3 Å². The predicted octanol–water partition coefficient (Wildman–Crippen LogP) is 4.56. The fourth-order valence-electron chi connectivity index (χ4n) is 3.01. The highest BCUT2D eigenvalue weighted by molar-refractivity contribution is 9.10. The van der Waals surface area contributed by atoms with Crippen LogP contribution in [0.5, 0.6) is 0 Å². The van der Waals surface area contributed by atoms with Crippen molar-refractivity contribution in [3.05, 3.63) is 60.4 Å². The standard InChI is InChI=1S/C21H21BrN4O8S/c1-4-8-33-20(28)15-11(3)16(21(29)32-5-2)35-19(15)23-18(27)14-7-6-12(34-14)9-25-10-13(22)17(24-25)26(30)31/h6-7,10H,4-5,8-9H2,1-3H3,(H,23,27). The van der Waals surface area contributed by atoms with Gasteiger partial charge in [0.2, 0.25) is 0 Å². The first-order valence-corrected chi connectivity index (χ1v) is 12.0. The third kappa shape index (κ3) is 5.95. The predicted molar refractivity (Wildman–Crippen MR) is 128 cm³/mol. The number of esters is 2. The molecule has 0 fully saturated rings. The van der Waals surface area contributed by atoms with E-state index in [1.807, 2.05) is 6.92 Å². The minimum Gasteiger partial charge on any atom is -0.462 e. The number of halogens is 1. The molecule has 12 nitrogen and oxygen atoms in total. The minimum absolute atomic E-state index is 0.0411. The Balaban J connectivity index is 1.82. The number of anilines is 1. The smallest absolute Gasteiger partial charge is 0.404 e. The van der Waals surface area contributed by atoms with E-state index >= 15 is 0 Å². The average molecular weight is 569 g/mol. The highest BCUT2D eigenvalue weighted by atomic mass is 79.9. The van der Waals surface area contributed by atoms with Gasteiger partial charge in [0.05, 0.1) is 30.1 Å². The van der Waals surface area contributed by atoms with Crippen molar-refractivity contribution in [3.8, 4) is 0 Å². The number of thiophene rings is 1. The van der Waals surface area contributed by atoms with Gasteiger partial charge in [0.15, 0.2) is 5.76 Å². The number of aromatic nitrogens is 2. The molecular formula is C21H21BrN4O8S. The zero-order valence-corrected chi connectivity index (χ0v) is 21.4. The molecular weight excluding hydrogens is 548 g/mol. The monoisotopic (exact) mass is 568 g/mol. The Kier molecular flexibility index (Phi) is 8.40. The van der Waals surface area contributed by atoms with E-state index in [-0.39, 0.29) is 51.3 Å². The number of hydrogen-bond acceptors (Lipinski definition) is 10. The number of amides is 1. The molecule has 3 aromatic heterocycles. The van der Waals surface area contributed by atoms with E-state index in [9.17, 15) is 24.5 Å². The van der Waals surface area contributed by atoms with E-state index in [1.165, 1.54) is 23.0 Å². The van der Waals surface area contributed by atoms with Gasteiger partial charge in [-0.15, -0.1) is 11.3 Å². The van der Waals surface area contributed by atoms with Gasteiger partial charge < -0.3 is 29.3 Å². The van der Waals surface area contributed by atoms with Gasteiger partial charge in [-0.05, 0) is 58.8 Å². The number of carbonyl (C=O) groups is 3. The first-order valence-electron chi connectivity index (χ1n) is 10.4. The Hall–Kier alpha value is -3.52. The fraction of sp³-hybridized carbons (Fsp3) is 0.333. The lowest BCUT2D eigenvalue weighted by molar-refractivity contribution is -0.390. The molecule has 0 unspecified atom stereocenters.